The minimum absolute atomic E-state index is 0.0907. The van der Waals surface area contributed by atoms with Crippen molar-refractivity contribution in [1.82, 2.24) is 5.32 Å². The van der Waals surface area contributed by atoms with E-state index < -0.39 is 0 Å². The largest absolute Gasteiger partial charge is 0.350 e. The molecule has 0 aromatic heterocycles. The number of hydrogen-bond donors (Lipinski definition) is 2. The lowest BCUT2D eigenvalue weighted by molar-refractivity contribution is -0.116. The van der Waals surface area contributed by atoms with Crippen LogP contribution in [0, 0.1) is 13.8 Å². The van der Waals surface area contributed by atoms with Gasteiger partial charge in [0.1, 0.15) is 0 Å². The fourth-order valence-corrected chi connectivity index (χ4v) is 2.62. The van der Waals surface area contributed by atoms with E-state index in [9.17, 15) is 9.59 Å². The summed E-state index contributed by atoms with van der Waals surface area (Å²) in [6.45, 7) is 8.13. The first-order valence-corrected chi connectivity index (χ1v) is 9.16. The number of anilines is 1. The highest BCUT2D eigenvalue weighted by atomic mass is 16.2. The number of benzene rings is 2. The second-order valence-corrected chi connectivity index (χ2v) is 6.80. The van der Waals surface area contributed by atoms with Gasteiger partial charge in [0.05, 0.1) is 11.3 Å². The number of carbonyl (C=O) groups excluding carboxylic acids is 2. The van der Waals surface area contributed by atoms with E-state index in [2.05, 4.69) is 42.7 Å². The first-order chi connectivity index (χ1) is 12.4. The van der Waals surface area contributed by atoms with Gasteiger partial charge >= 0.3 is 0 Å². The summed E-state index contributed by atoms with van der Waals surface area (Å²) in [6.07, 6.45) is 1.91. The van der Waals surface area contributed by atoms with Crippen LogP contribution in [0.3, 0.4) is 0 Å². The van der Waals surface area contributed by atoms with Gasteiger partial charge in [-0.25, -0.2) is 0 Å². The molecule has 0 spiro atoms. The molecule has 0 aliphatic rings. The predicted molar refractivity (Wildman–Crippen MR) is 107 cm³/mol. The topological polar surface area (TPSA) is 58.2 Å². The average Bonchev–Trinajstić information content (AvgIpc) is 2.63. The molecule has 0 bridgehead atoms. The Labute approximate surface area is 156 Å². The Morgan fingerprint density at radius 3 is 2.46 bits per heavy atom. The summed E-state index contributed by atoms with van der Waals surface area (Å²) in [6, 6.07) is 13.5. The lowest BCUT2D eigenvalue weighted by Gasteiger charge is -2.14. The molecule has 0 radical (unpaired) electrons. The standard InChI is InChI=1S/C22H28N2O2/c1-5-17(4)23-22(26)19-8-6-7-9-20(19)24-21(25)13-12-18-11-10-15(2)16(3)14-18/h6-11,14,17H,5,12-13H2,1-4H3,(H,23,26)(H,24,25). The molecule has 26 heavy (non-hydrogen) atoms. The molecule has 1 unspecified atom stereocenters. The number of amides is 2. The van der Waals surface area contributed by atoms with E-state index in [0.717, 1.165) is 12.0 Å². The van der Waals surface area contributed by atoms with E-state index in [4.69, 9.17) is 0 Å². The van der Waals surface area contributed by atoms with Crippen molar-refractivity contribution in [2.45, 2.75) is 53.0 Å². The van der Waals surface area contributed by atoms with Gasteiger partial charge in [-0.2, -0.15) is 0 Å². The monoisotopic (exact) mass is 352 g/mol. The SMILES string of the molecule is CCC(C)NC(=O)c1ccccc1NC(=O)CCc1ccc(C)c(C)c1. The van der Waals surface area contributed by atoms with E-state index in [-0.39, 0.29) is 17.9 Å². The molecule has 138 valence electrons. The fraction of sp³-hybridized carbons (Fsp3) is 0.364. The predicted octanol–water partition coefficient (Wildman–Crippen LogP) is 4.40. The van der Waals surface area contributed by atoms with Crippen molar-refractivity contribution in [3.05, 3.63) is 64.7 Å². The highest BCUT2D eigenvalue weighted by Crippen LogP contribution is 2.17. The molecule has 2 N–H and O–H groups in total. The van der Waals surface area contributed by atoms with Gasteiger partial charge in [0, 0.05) is 12.5 Å². The van der Waals surface area contributed by atoms with Gasteiger partial charge in [-0.1, -0.05) is 37.3 Å². The molecule has 4 nitrogen and oxygen atoms in total. The van der Waals surface area contributed by atoms with Crippen molar-refractivity contribution in [2.75, 3.05) is 5.32 Å². The zero-order chi connectivity index (χ0) is 19.1. The van der Waals surface area contributed by atoms with Crippen LogP contribution in [0.5, 0.6) is 0 Å². The van der Waals surface area contributed by atoms with Crippen molar-refractivity contribution in [2.24, 2.45) is 0 Å². The number of carbonyl (C=O) groups is 2. The van der Waals surface area contributed by atoms with Gasteiger partial charge in [0.2, 0.25) is 5.91 Å². The second kappa shape index (κ2) is 9.18. The highest BCUT2D eigenvalue weighted by molar-refractivity contribution is 6.03. The van der Waals surface area contributed by atoms with Gasteiger partial charge in [-0.3, -0.25) is 9.59 Å². The maximum absolute atomic E-state index is 12.4. The van der Waals surface area contributed by atoms with E-state index in [1.807, 2.05) is 19.9 Å². The third-order valence-corrected chi connectivity index (χ3v) is 4.65. The lowest BCUT2D eigenvalue weighted by Crippen LogP contribution is -2.32. The third-order valence-electron chi connectivity index (χ3n) is 4.65. The van der Waals surface area contributed by atoms with Gasteiger partial charge in [0.15, 0.2) is 0 Å². The zero-order valence-corrected chi connectivity index (χ0v) is 16.1. The molecular weight excluding hydrogens is 324 g/mol. The summed E-state index contributed by atoms with van der Waals surface area (Å²) < 4.78 is 0. The summed E-state index contributed by atoms with van der Waals surface area (Å²) in [5.41, 5.74) is 4.67. The van der Waals surface area contributed by atoms with Gasteiger partial charge in [-0.15, -0.1) is 0 Å². The third kappa shape index (κ3) is 5.45. The first-order valence-electron chi connectivity index (χ1n) is 9.16. The van der Waals surface area contributed by atoms with Gasteiger partial charge < -0.3 is 10.6 Å². The summed E-state index contributed by atoms with van der Waals surface area (Å²) in [4.78, 5) is 24.8. The summed E-state index contributed by atoms with van der Waals surface area (Å²) in [7, 11) is 0. The van der Waals surface area contributed by atoms with E-state index in [0.29, 0.717) is 24.1 Å². The van der Waals surface area contributed by atoms with Crippen LogP contribution in [0.1, 0.15) is 53.7 Å². The summed E-state index contributed by atoms with van der Waals surface area (Å²) in [5, 5.41) is 5.82. The van der Waals surface area contributed by atoms with Crippen LogP contribution in [-0.2, 0) is 11.2 Å². The van der Waals surface area contributed by atoms with Crippen LogP contribution >= 0.6 is 0 Å². The molecule has 0 saturated carbocycles. The Balaban J connectivity index is 2.00. The van der Waals surface area contributed by atoms with E-state index in [1.54, 1.807) is 18.2 Å². The number of hydrogen-bond acceptors (Lipinski definition) is 2. The van der Waals surface area contributed by atoms with Crippen LogP contribution in [0.25, 0.3) is 0 Å². The minimum atomic E-state index is -0.163. The number of rotatable bonds is 7. The Bertz CT molecular complexity index is 783. The normalized spacial score (nSPS) is 11.7. The Morgan fingerprint density at radius 1 is 1.04 bits per heavy atom. The lowest BCUT2D eigenvalue weighted by atomic mass is 10.0. The quantitative estimate of drug-likeness (QED) is 0.776. The van der Waals surface area contributed by atoms with Gasteiger partial charge in [0.25, 0.3) is 5.91 Å². The smallest absolute Gasteiger partial charge is 0.253 e. The molecule has 0 fully saturated rings. The molecule has 2 rings (SSSR count). The maximum Gasteiger partial charge on any atom is 0.253 e. The molecule has 0 aliphatic carbocycles. The van der Waals surface area contributed by atoms with Crippen molar-refractivity contribution >= 4 is 17.5 Å². The molecule has 2 aromatic carbocycles. The van der Waals surface area contributed by atoms with Crippen molar-refractivity contribution < 1.29 is 9.59 Å². The molecule has 2 aromatic rings. The van der Waals surface area contributed by atoms with Crippen molar-refractivity contribution in [3.63, 3.8) is 0 Å². The fourth-order valence-electron chi connectivity index (χ4n) is 2.62. The van der Waals surface area contributed by atoms with Gasteiger partial charge in [-0.05, 0) is 62.4 Å². The summed E-state index contributed by atoms with van der Waals surface area (Å²) >= 11 is 0. The molecule has 1 atom stereocenters. The van der Waals surface area contributed by atoms with Crippen LogP contribution in [0.2, 0.25) is 0 Å². The molecule has 0 aliphatic heterocycles. The van der Waals surface area contributed by atoms with Crippen LogP contribution < -0.4 is 10.6 Å². The van der Waals surface area contributed by atoms with Crippen molar-refractivity contribution in [1.29, 1.82) is 0 Å². The number of aryl methyl sites for hydroxylation is 3. The Hall–Kier alpha value is -2.62. The molecule has 2 amide bonds. The highest BCUT2D eigenvalue weighted by Gasteiger charge is 2.14. The minimum Gasteiger partial charge on any atom is -0.350 e. The van der Waals surface area contributed by atoms with E-state index >= 15 is 0 Å². The Morgan fingerprint density at radius 2 is 1.77 bits per heavy atom. The molecular formula is C22H28N2O2. The maximum atomic E-state index is 12.4. The van der Waals surface area contributed by atoms with E-state index in [1.165, 1.54) is 11.1 Å². The summed E-state index contributed by atoms with van der Waals surface area (Å²) in [5.74, 6) is -0.253. The second-order valence-electron chi connectivity index (χ2n) is 6.80. The van der Waals surface area contributed by atoms with Crippen LogP contribution in [0.4, 0.5) is 5.69 Å². The Kier molecular flexibility index (Phi) is 6.96. The number of para-hydroxylation sites is 1. The first kappa shape index (κ1) is 19.7. The van der Waals surface area contributed by atoms with Crippen LogP contribution in [-0.4, -0.2) is 17.9 Å². The van der Waals surface area contributed by atoms with Crippen molar-refractivity contribution in [3.8, 4) is 0 Å². The average molecular weight is 352 g/mol. The molecule has 0 heterocycles. The van der Waals surface area contributed by atoms with Crippen LogP contribution in [0.15, 0.2) is 42.5 Å². The molecule has 0 saturated heterocycles. The zero-order valence-electron chi connectivity index (χ0n) is 16.1. The number of nitrogens with one attached hydrogen (secondary N) is 2. The molecule has 4 heteroatoms.